The van der Waals surface area contributed by atoms with E-state index in [1.165, 1.54) is 5.56 Å². The summed E-state index contributed by atoms with van der Waals surface area (Å²) in [7, 11) is 1.03. The molecule has 0 unspecified atom stereocenters. The van der Waals surface area contributed by atoms with Crippen LogP contribution < -0.4 is 5.32 Å². The van der Waals surface area contributed by atoms with Gasteiger partial charge in [0.15, 0.2) is 17.4 Å². The van der Waals surface area contributed by atoms with E-state index in [4.69, 9.17) is 5.11 Å². The van der Waals surface area contributed by atoms with Crippen LogP contribution in [0.25, 0.3) is 6.08 Å². The molecule has 2 N–H and O–H groups in total. The fraction of sp³-hybridized carbons (Fsp3) is 0.0625. The zero-order valence-electron chi connectivity index (χ0n) is 12.0. The summed E-state index contributed by atoms with van der Waals surface area (Å²) >= 11 is 0. The van der Waals surface area contributed by atoms with E-state index in [0.29, 0.717) is 0 Å². The summed E-state index contributed by atoms with van der Waals surface area (Å²) < 4.78 is 51.3. The van der Waals surface area contributed by atoms with Crippen molar-refractivity contribution in [2.75, 3.05) is 7.05 Å². The quantitative estimate of drug-likeness (QED) is 0.653. The molecule has 0 bridgehead atoms. The highest BCUT2D eigenvalue weighted by Crippen LogP contribution is 2.28. The van der Waals surface area contributed by atoms with Crippen LogP contribution in [0.1, 0.15) is 15.9 Å². The molecule has 0 aliphatic heterocycles. The number of halogens is 4. The monoisotopic (exact) mass is 327 g/mol. The minimum Gasteiger partial charge on any atom is -0.503 e. The second kappa shape index (κ2) is 7.98. The maximum absolute atomic E-state index is 12.9. The topological polar surface area (TPSA) is 49.3 Å². The number of carbonyl (C=O) groups is 1. The van der Waals surface area contributed by atoms with Crippen molar-refractivity contribution in [3.8, 4) is 5.75 Å². The summed E-state index contributed by atoms with van der Waals surface area (Å²) in [6.45, 7) is 3.63. The number of aromatic hydroxyl groups is 1. The van der Waals surface area contributed by atoms with Gasteiger partial charge in [-0.25, -0.2) is 8.78 Å². The number of amides is 1. The maximum atomic E-state index is 12.9. The molecule has 0 aliphatic rings. The first-order valence-electron chi connectivity index (χ1n) is 6.29. The lowest BCUT2D eigenvalue weighted by molar-refractivity contribution is 0.0951. The number of phenolic OH excluding ortho intramolecular Hbond substituents is 1. The van der Waals surface area contributed by atoms with Crippen LogP contribution in [0.15, 0.2) is 36.9 Å². The van der Waals surface area contributed by atoms with Gasteiger partial charge >= 0.3 is 0 Å². The molecule has 1 amide bonds. The second-order valence-electron chi connectivity index (χ2n) is 4.17. The number of phenols is 1. The molecule has 0 aliphatic carbocycles. The van der Waals surface area contributed by atoms with E-state index in [2.05, 4.69) is 6.58 Å². The van der Waals surface area contributed by atoms with Crippen molar-refractivity contribution in [1.29, 1.82) is 0 Å². The molecule has 0 saturated heterocycles. The number of hydrogen-bond acceptors (Lipinski definition) is 2. The molecule has 0 heterocycles. The number of rotatable bonds is 2. The van der Waals surface area contributed by atoms with Gasteiger partial charge in [-0.3, -0.25) is 4.79 Å². The molecule has 0 radical (unpaired) electrons. The predicted octanol–water partition coefficient (Wildman–Crippen LogP) is 3.64. The molecule has 2 rings (SSSR count). The van der Waals surface area contributed by atoms with Crippen LogP contribution in [0.3, 0.4) is 0 Å². The van der Waals surface area contributed by atoms with Gasteiger partial charge in [0.1, 0.15) is 5.56 Å². The normalized spacial score (nSPS) is 9.61. The maximum Gasteiger partial charge on any atom is 0.257 e. The minimum absolute atomic E-state index is 1.03. The SMILES string of the molecule is C=Cc1ccccc1.CNC(=O)c1c(F)c(F)c(O)c(F)c1F. The average Bonchev–Trinajstić information content (AvgIpc) is 2.59. The zero-order valence-corrected chi connectivity index (χ0v) is 12.0. The average molecular weight is 327 g/mol. The van der Waals surface area contributed by atoms with Gasteiger partial charge in [0.25, 0.3) is 5.91 Å². The molecule has 122 valence electrons. The summed E-state index contributed by atoms with van der Waals surface area (Å²) in [4.78, 5) is 10.9. The molecule has 2 aromatic carbocycles. The zero-order chi connectivity index (χ0) is 17.6. The van der Waals surface area contributed by atoms with Crippen molar-refractivity contribution in [3.05, 3.63) is 71.3 Å². The van der Waals surface area contributed by atoms with Crippen molar-refractivity contribution in [3.63, 3.8) is 0 Å². The van der Waals surface area contributed by atoms with Crippen LogP contribution in [0.2, 0.25) is 0 Å². The van der Waals surface area contributed by atoms with Gasteiger partial charge in [-0.05, 0) is 5.56 Å². The Kier molecular flexibility index (Phi) is 6.32. The van der Waals surface area contributed by atoms with E-state index < -0.39 is 40.5 Å². The van der Waals surface area contributed by atoms with Crippen LogP contribution in [0.4, 0.5) is 17.6 Å². The third-order valence-corrected chi connectivity index (χ3v) is 2.73. The van der Waals surface area contributed by atoms with Crippen molar-refractivity contribution in [1.82, 2.24) is 5.32 Å². The number of carbonyl (C=O) groups excluding carboxylic acids is 1. The molecular formula is C16H13F4NO2. The van der Waals surface area contributed by atoms with Crippen molar-refractivity contribution >= 4 is 12.0 Å². The van der Waals surface area contributed by atoms with Crippen molar-refractivity contribution in [2.24, 2.45) is 0 Å². The smallest absolute Gasteiger partial charge is 0.257 e. The van der Waals surface area contributed by atoms with E-state index in [1.807, 2.05) is 36.4 Å². The first-order valence-corrected chi connectivity index (χ1v) is 6.29. The molecular weight excluding hydrogens is 314 g/mol. The molecule has 2 aromatic rings. The molecule has 3 nitrogen and oxygen atoms in total. The minimum atomic E-state index is -2.01. The standard InChI is InChI=1S/C8H5F4NO2.C8H8/c1-13-8(15)2-3(9)5(11)7(14)6(12)4(2)10;1-2-8-6-4-3-5-7-8/h14H,1H3,(H,13,15);2-7H,1H2. The highest BCUT2D eigenvalue weighted by molar-refractivity contribution is 5.94. The Bertz CT molecular complexity index is 689. The van der Waals surface area contributed by atoms with Crippen LogP contribution in [-0.4, -0.2) is 18.1 Å². The van der Waals surface area contributed by atoms with E-state index >= 15 is 0 Å². The summed E-state index contributed by atoms with van der Waals surface area (Å²) in [6.07, 6.45) is 1.83. The highest BCUT2D eigenvalue weighted by atomic mass is 19.2. The van der Waals surface area contributed by atoms with Crippen LogP contribution in [0.5, 0.6) is 5.75 Å². The van der Waals surface area contributed by atoms with Gasteiger partial charge in [-0.2, -0.15) is 8.78 Å². The fourth-order valence-electron chi connectivity index (χ4n) is 1.53. The molecule has 23 heavy (non-hydrogen) atoms. The Morgan fingerprint density at radius 2 is 1.52 bits per heavy atom. The van der Waals surface area contributed by atoms with E-state index in [1.54, 1.807) is 5.32 Å². The van der Waals surface area contributed by atoms with Gasteiger partial charge in [-0.1, -0.05) is 43.0 Å². The lowest BCUT2D eigenvalue weighted by atomic mass is 10.1. The Balaban J connectivity index is 0.000000277. The van der Waals surface area contributed by atoms with E-state index in [-0.39, 0.29) is 0 Å². The van der Waals surface area contributed by atoms with Gasteiger partial charge in [-0.15, -0.1) is 0 Å². The number of hydrogen-bond donors (Lipinski definition) is 2. The molecule has 0 spiro atoms. The van der Waals surface area contributed by atoms with Gasteiger partial charge in [0.05, 0.1) is 0 Å². The fourth-order valence-corrected chi connectivity index (χ4v) is 1.53. The van der Waals surface area contributed by atoms with Crippen molar-refractivity contribution in [2.45, 2.75) is 0 Å². The Hall–Kier alpha value is -2.83. The first-order chi connectivity index (χ1) is 10.8. The van der Waals surface area contributed by atoms with Crippen LogP contribution in [-0.2, 0) is 0 Å². The molecule has 7 heteroatoms. The van der Waals surface area contributed by atoms with Gasteiger partial charge in [0, 0.05) is 7.05 Å². The lowest BCUT2D eigenvalue weighted by Gasteiger charge is -2.06. The highest BCUT2D eigenvalue weighted by Gasteiger charge is 2.28. The summed E-state index contributed by atoms with van der Waals surface area (Å²) in [5, 5.41) is 10.4. The van der Waals surface area contributed by atoms with Crippen LogP contribution >= 0.6 is 0 Å². The Morgan fingerprint density at radius 3 is 1.87 bits per heavy atom. The first kappa shape index (κ1) is 18.2. The second-order valence-corrected chi connectivity index (χ2v) is 4.17. The summed E-state index contributed by atoms with van der Waals surface area (Å²) in [6, 6.07) is 10.0. The predicted molar refractivity (Wildman–Crippen MR) is 77.9 cm³/mol. The summed E-state index contributed by atoms with van der Waals surface area (Å²) in [5.74, 6) is -11.0. The largest absolute Gasteiger partial charge is 0.503 e. The molecule has 0 fully saturated rings. The van der Waals surface area contributed by atoms with Crippen molar-refractivity contribution < 1.29 is 27.5 Å². The Morgan fingerprint density at radius 1 is 1.04 bits per heavy atom. The lowest BCUT2D eigenvalue weighted by Crippen LogP contribution is -2.22. The molecule has 0 aromatic heterocycles. The van der Waals surface area contributed by atoms with E-state index in [9.17, 15) is 22.4 Å². The van der Waals surface area contributed by atoms with Gasteiger partial charge in [0.2, 0.25) is 11.6 Å². The number of benzene rings is 2. The number of nitrogens with one attached hydrogen (secondary N) is 1. The third-order valence-electron chi connectivity index (χ3n) is 2.73. The van der Waals surface area contributed by atoms with Gasteiger partial charge < -0.3 is 10.4 Å². The molecule has 0 saturated carbocycles. The van der Waals surface area contributed by atoms with Crippen LogP contribution in [0, 0.1) is 23.3 Å². The third kappa shape index (κ3) is 4.09. The molecule has 0 atom stereocenters. The van der Waals surface area contributed by atoms with E-state index in [0.717, 1.165) is 7.05 Å². The Labute approximate surface area is 129 Å². The summed E-state index contributed by atoms with van der Waals surface area (Å²) in [5.41, 5.74) is -0.238.